The summed E-state index contributed by atoms with van der Waals surface area (Å²) in [6.07, 6.45) is 0. The van der Waals surface area contributed by atoms with Crippen LogP contribution < -0.4 is 0 Å². The van der Waals surface area contributed by atoms with E-state index in [0.717, 1.165) is 56.0 Å². The minimum Gasteiger partial charge on any atom is -0.297 e. The van der Waals surface area contributed by atoms with Crippen LogP contribution in [0.3, 0.4) is 0 Å². The molecule has 3 heteroatoms. The van der Waals surface area contributed by atoms with Crippen molar-refractivity contribution in [3.8, 4) is 17.2 Å². The van der Waals surface area contributed by atoms with Crippen molar-refractivity contribution >= 4 is 0 Å². The van der Waals surface area contributed by atoms with Gasteiger partial charge in [0.15, 0.2) is 0 Å². The van der Waals surface area contributed by atoms with E-state index in [1.54, 1.807) is 0 Å². The van der Waals surface area contributed by atoms with Crippen molar-refractivity contribution in [3.63, 3.8) is 0 Å². The molecule has 1 aliphatic rings. The Balaban J connectivity index is 1.33. The van der Waals surface area contributed by atoms with Crippen molar-refractivity contribution in [2.75, 3.05) is 26.2 Å². The van der Waals surface area contributed by atoms with Crippen LogP contribution in [0, 0.1) is 11.3 Å². The largest absolute Gasteiger partial charge is 0.297 e. The molecular formula is C25H25N3. The fraction of sp³-hybridized carbons (Fsp3) is 0.240. The maximum atomic E-state index is 9.30. The molecule has 3 aromatic carbocycles. The first-order chi connectivity index (χ1) is 13.8. The van der Waals surface area contributed by atoms with Gasteiger partial charge in [-0.3, -0.25) is 9.80 Å². The normalized spacial score (nSPS) is 15.2. The van der Waals surface area contributed by atoms with Crippen molar-refractivity contribution in [1.29, 1.82) is 5.26 Å². The predicted octanol–water partition coefficient (Wildman–Crippen LogP) is 4.54. The Hall–Kier alpha value is -2.93. The molecule has 0 unspecified atom stereocenters. The minimum atomic E-state index is 0.727. The van der Waals surface area contributed by atoms with Crippen LogP contribution in [0.4, 0.5) is 0 Å². The molecule has 0 amide bonds. The Labute approximate surface area is 167 Å². The Morgan fingerprint density at radius 1 is 0.643 bits per heavy atom. The third-order valence-electron chi connectivity index (χ3n) is 5.43. The van der Waals surface area contributed by atoms with Crippen molar-refractivity contribution < 1.29 is 0 Å². The average molecular weight is 367 g/mol. The van der Waals surface area contributed by atoms with Crippen LogP contribution in [0.1, 0.15) is 16.7 Å². The number of benzene rings is 3. The average Bonchev–Trinajstić information content (AvgIpc) is 2.76. The summed E-state index contributed by atoms with van der Waals surface area (Å²) in [5, 5.41) is 9.30. The monoisotopic (exact) mass is 367 g/mol. The molecular weight excluding hydrogens is 342 g/mol. The van der Waals surface area contributed by atoms with Gasteiger partial charge in [-0.1, -0.05) is 72.8 Å². The van der Waals surface area contributed by atoms with E-state index in [2.05, 4.69) is 70.5 Å². The molecule has 28 heavy (non-hydrogen) atoms. The number of nitriles is 1. The van der Waals surface area contributed by atoms with E-state index in [-0.39, 0.29) is 0 Å². The zero-order valence-corrected chi connectivity index (χ0v) is 16.1. The third kappa shape index (κ3) is 4.48. The lowest BCUT2D eigenvalue weighted by Gasteiger charge is -2.34. The van der Waals surface area contributed by atoms with Gasteiger partial charge in [-0.25, -0.2) is 0 Å². The molecule has 1 saturated heterocycles. The highest BCUT2D eigenvalue weighted by molar-refractivity contribution is 5.70. The van der Waals surface area contributed by atoms with Crippen molar-refractivity contribution in [3.05, 3.63) is 95.6 Å². The lowest BCUT2D eigenvalue weighted by Crippen LogP contribution is -2.45. The van der Waals surface area contributed by atoms with Gasteiger partial charge in [0.05, 0.1) is 11.6 Å². The number of hydrogen-bond donors (Lipinski definition) is 0. The molecule has 0 spiro atoms. The highest BCUT2D eigenvalue weighted by Crippen LogP contribution is 2.24. The molecule has 0 saturated carbocycles. The lowest BCUT2D eigenvalue weighted by molar-refractivity contribution is 0.122. The van der Waals surface area contributed by atoms with Gasteiger partial charge in [0.25, 0.3) is 0 Å². The summed E-state index contributed by atoms with van der Waals surface area (Å²) in [5.74, 6) is 0. The van der Waals surface area contributed by atoms with Crippen LogP contribution in [0.5, 0.6) is 0 Å². The summed E-state index contributed by atoms with van der Waals surface area (Å²) in [7, 11) is 0. The quantitative estimate of drug-likeness (QED) is 0.663. The summed E-state index contributed by atoms with van der Waals surface area (Å²) in [6, 6.07) is 29.4. The maximum Gasteiger partial charge on any atom is 0.0998 e. The van der Waals surface area contributed by atoms with Crippen LogP contribution >= 0.6 is 0 Å². The van der Waals surface area contributed by atoms with Gasteiger partial charge in [0, 0.05) is 39.3 Å². The summed E-state index contributed by atoms with van der Waals surface area (Å²) >= 11 is 0. The van der Waals surface area contributed by atoms with Crippen LogP contribution in [-0.2, 0) is 13.1 Å². The zero-order valence-electron chi connectivity index (χ0n) is 16.1. The molecule has 0 radical (unpaired) electrons. The second kappa shape index (κ2) is 8.84. The molecule has 0 atom stereocenters. The summed E-state index contributed by atoms with van der Waals surface area (Å²) in [4.78, 5) is 5.06. The van der Waals surface area contributed by atoms with Crippen LogP contribution in [0.25, 0.3) is 11.1 Å². The molecule has 0 bridgehead atoms. The van der Waals surface area contributed by atoms with Gasteiger partial charge >= 0.3 is 0 Å². The summed E-state index contributed by atoms with van der Waals surface area (Å²) < 4.78 is 0. The Bertz CT molecular complexity index is 934. The Kier molecular flexibility index (Phi) is 5.82. The van der Waals surface area contributed by atoms with E-state index < -0.39 is 0 Å². The van der Waals surface area contributed by atoms with Gasteiger partial charge in [-0.2, -0.15) is 5.26 Å². The molecule has 1 heterocycles. The fourth-order valence-corrected chi connectivity index (χ4v) is 3.83. The van der Waals surface area contributed by atoms with E-state index in [4.69, 9.17) is 0 Å². The molecule has 1 fully saturated rings. The predicted molar refractivity (Wildman–Crippen MR) is 114 cm³/mol. The molecule has 0 aliphatic carbocycles. The van der Waals surface area contributed by atoms with E-state index in [1.165, 1.54) is 11.1 Å². The zero-order chi connectivity index (χ0) is 19.2. The van der Waals surface area contributed by atoms with E-state index in [1.807, 2.05) is 24.3 Å². The molecule has 3 aromatic rings. The standard InChI is InChI=1S/C25H25N3/c26-18-24-8-4-5-9-25(24)23-12-10-22(11-13-23)20-28-16-14-27(15-17-28)19-21-6-2-1-3-7-21/h1-13H,14-17,19-20H2. The van der Waals surface area contributed by atoms with Crippen molar-refractivity contribution in [2.45, 2.75) is 13.1 Å². The van der Waals surface area contributed by atoms with E-state index in [0.29, 0.717) is 0 Å². The summed E-state index contributed by atoms with van der Waals surface area (Å²) in [6.45, 7) is 6.46. The first-order valence-corrected chi connectivity index (χ1v) is 9.89. The third-order valence-corrected chi connectivity index (χ3v) is 5.43. The minimum absolute atomic E-state index is 0.727. The first-order valence-electron chi connectivity index (χ1n) is 9.89. The van der Waals surface area contributed by atoms with Crippen LogP contribution in [0.2, 0.25) is 0 Å². The molecule has 4 rings (SSSR count). The second-order valence-electron chi connectivity index (χ2n) is 7.39. The first kappa shape index (κ1) is 18.4. The van der Waals surface area contributed by atoms with Gasteiger partial charge in [-0.15, -0.1) is 0 Å². The van der Waals surface area contributed by atoms with Crippen molar-refractivity contribution in [1.82, 2.24) is 9.80 Å². The highest BCUT2D eigenvalue weighted by Gasteiger charge is 2.17. The number of piperazine rings is 1. The smallest absolute Gasteiger partial charge is 0.0998 e. The number of nitrogens with zero attached hydrogens (tertiary/aromatic N) is 3. The van der Waals surface area contributed by atoms with Gasteiger partial charge < -0.3 is 0 Å². The topological polar surface area (TPSA) is 30.3 Å². The Morgan fingerprint density at radius 3 is 1.79 bits per heavy atom. The highest BCUT2D eigenvalue weighted by atomic mass is 15.3. The summed E-state index contributed by atoms with van der Waals surface area (Å²) in [5.41, 5.74) is 5.56. The SMILES string of the molecule is N#Cc1ccccc1-c1ccc(CN2CCN(Cc3ccccc3)CC2)cc1. The van der Waals surface area contributed by atoms with Crippen LogP contribution in [-0.4, -0.2) is 36.0 Å². The molecule has 140 valence electrons. The molecule has 0 aromatic heterocycles. The maximum absolute atomic E-state index is 9.30. The molecule has 3 nitrogen and oxygen atoms in total. The second-order valence-corrected chi connectivity index (χ2v) is 7.39. The van der Waals surface area contributed by atoms with Gasteiger partial charge in [0.2, 0.25) is 0 Å². The Morgan fingerprint density at radius 2 is 1.18 bits per heavy atom. The lowest BCUT2D eigenvalue weighted by atomic mass is 9.99. The van der Waals surface area contributed by atoms with E-state index >= 15 is 0 Å². The van der Waals surface area contributed by atoms with Crippen LogP contribution in [0.15, 0.2) is 78.9 Å². The number of hydrogen-bond acceptors (Lipinski definition) is 3. The molecule has 1 aliphatic heterocycles. The van der Waals surface area contributed by atoms with Gasteiger partial charge in [-0.05, 0) is 28.3 Å². The van der Waals surface area contributed by atoms with Crippen molar-refractivity contribution in [2.24, 2.45) is 0 Å². The number of rotatable bonds is 5. The molecule has 0 N–H and O–H groups in total. The van der Waals surface area contributed by atoms with E-state index in [9.17, 15) is 5.26 Å². The fourth-order valence-electron chi connectivity index (χ4n) is 3.83. The van der Waals surface area contributed by atoms with Gasteiger partial charge in [0.1, 0.15) is 0 Å².